The Hall–Kier alpha value is -2.52. The summed E-state index contributed by atoms with van der Waals surface area (Å²) in [6.45, 7) is 3.81. The van der Waals surface area contributed by atoms with Crippen molar-refractivity contribution in [3.8, 4) is 6.07 Å². The van der Waals surface area contributed by atoms with Gasteiger partial charge in [0.05, 0.1) is 30.8 Å². The molecule has 2 aromatic rings. The monoisotopic (exact) mass is 470 g/mol. The number of nitrogens with zero attached hydrogens (tertiary/aromatic N) is 6. The van der Waals surface area contributed by atoms with Crippen molar-refractivity contribution in [2.45, 2.75) is 56.8 Å². The predicted octanol–water partition coefficient (Wildman–Crippen LogP) is 2.33. The van der Waals surface area contributed by atoms with Crippen LogP contribution in [0.25, 0.3) is 0 Å². The molecule has 10 nitrogen and oxygen atoms in total. The molecule has 3 aliphatic heterocycles. The number of fused-ring (bicyclic) bond motifs is 2. The van der Waals surface area contributed by atoms with E-state index in [1.807, 2.05) is 6.07 Å². The number of hydrogen-bond acceptors (Lipinski definition) is 11. The summed E-state index contributed by atoms with van der Waals surface area (Å²) in [6.07, 6.45) is 6.76. The van der Waals surface area contributed by atoms with Crippen LogP contribution in [-0.2, 0) is 11.3 Å². The zero-order valence-electron chi connectivity index (χ0n) is 18.6. The van der Waals surface area contributed by atoms with Gasteiger partial charge in [0.15, 0.2) is 5.13 Å². The average molecular weight is 471 g/mol. The Bertz CT molecular complexity index is 975. The molecular weight excluding hydrogens is 440 g/mol. The van der Waals surface area contributed by atoms with E-state index in [0.717, 1.165) is 43.2 Å². The minimum atomic E-state index is -0.0235. The molecule has 2 atom stereocenters. The molecule has 3 fully saturated rings. The average Bonchev–Trinajstić information content (AvgIpc) is 3.38. The number of nitriles is 1. The lowest BCUT2D eigenvalue weighted by atomic mass is 9.97. The number of aromatic nitrogens is 3. The molecule has 2 aromatic heterocycles. The van der Waals surface area contributed by atoms with Crippen LogP contribution in [0.2, 0.25) is 0 Å². The van der Waals surface area contributed by atoms with Crippen LogP contribution in [0, 0.1) is 11.3 Å². The molecular formula is C22H30N8O2S. The van der Waals surface area contributed by atoms with E-state index >= 15 is 0 Å². The second kappa shape index (κ2) is 10.2. The highest BCUT2D eigenvalue weighted by molar-refractivity contribution is 7.15. The first-order valence-electron chi connectivity index (χ1n) is 11.7. The summed E-state index contributed by atoms with van der Waals surface area (Å²) in [4.78, 5) is 19.5. The van der Waals surface area contributed by atoms with E-state index in [0.29, 0.717) is 54.7 Å². The summed E-state index contributed by atoms with van der Waals surface area (Å²) in [5, 5.41) is 25.9. The third kappa shape index (κ3) is 5.19. The van der Waals surface area contributed by atoms with Gasteiger partial charge in [-0.15, -0.1) is 0 Å². The molecule has 0 amide bonds. The van der Waals surface area contributed by atoms with Gasteiger partial charge < -0.3 is 25.4 Å². The molecule has 0 saturated carbocycles. The number of rotatable bonds is 8. The summed E-state index contributed by atoms with van der Waals surface area (Å²) >= 11 is 1.41. The van der Waals surface area contributed by atoms with E-state index in [9.17, 15) is 5.11 Å². The Labute approximate surface area is 197 Å². The van der Waals surface area contributed by atoms with E-state index in [1.165, 1.54) is 24.2 Å². The summed E-state index contributed by atoms with van der Waals surface area (Å²) in [5.74, 6) is 2.17. The van der Waals surface area contributed by atoms with Gasteiger partial charge in [0, 0.05) is 56.4 Å². The number of anilines is 4. The molecule has 0 aromatic carbocycles. The van der Waals surface area contributed by atoms with Crippen molar-refractivity contribution in [1.29, 1.82) is 5.26 Å². The molecule has 11 heteroatoms. The van der Waals surface area contributed by atoms with E-state index in [2.05, 4.69) is 31.5 Å². The van der Waals surface area contributed by atoms with Gasteiger partial charge in [0.25, 0.3) is 0 Å². The van der Waals surface area contributed by atoms with Gasteiger partial charge in [-0.1, -0.05) is 11.3 Å². The normalized spacial score (nSPS) is 25.1. The number of hydrogen-bond donors (Lipinski definition) is 3. The van der Waals surface area contributed by atoms with Crippen molar-refractivity contribution in [1.82, 2.24) is 19.9 Å². The number of morpholine rings is 1. The Morgan fingerprint density at radius 2 is 2.00 bits per heavy atom. The number of piperidine rings is 1. The first kappa shape index (κ1) is 22.3. The smallest absolute Gasteiger partial charge is 0.226 e. The minimum Gasteiger partial charge on any atom is -0.391 e. The third-order valence-corrected chi connectivity index (χ3v) is 7.59. The largest absolute Gasteiger partial charge is 0.391 e. The fourth-order valence-electron chi connectivity index (χ4n) is 5.18. The van der Waals surface area contributed by atoms with Crippen LogP contribution < -0.4 is 15.5 Å². The summed E-state index contributed by atoms with van der Waals surface area (Å²) in [7, 11) is 0. The number of thiazole rings is 1. The zero-order valence-corrected chi connectivity index (χ0v) is 19.4. The standard InChI is InChI=1S/C22H30N8O2S/c23-4-1-5-30-16-2-3-17(30)11-15(10-16)25-21-26-19(27-22-24-13-18(14-31)33-22)12-20(28-21)29-6-8-32-9-7-29/h12-13,15-17,31H,1-3,5-11,14H2,(H2,24,25,26,27,28). The van der Waals surface area contributed by atoms with E-state index in [1.54, 1.807) is 6.20 Å². The molecule has 33 heavy (non-hydrogen) atoms. The summed E-state index contributed by atoms with van der Waals surface area (Å²) in [5.41, 5.74) is 0. The quantitative estimate of drug-likeness (QED) is 0.530. The maximum Gasteiger partial charge on any atom is 0.226 e. The molecule has 0 radical (unpaired) electrons. The predicted molar refractivity (Wildman–Crippen MR) is 127 cm³/mol. The maximum atomic E-state index is 9.34. The molecule has 5 heterocycles. The number of aliphatic hydroxyl groups excluding tert-OH is 1. The first-order chi connectivity index (χ1) is 16.2. The second-order valence-electron chi connectivity index (χ2n) is 8.79. The summed E-state index contributed by atoms with van der Waals surface area (Å²) < 4.78 is 5.51. The Kier molecular flexibility index (Phi) is 6.87. The molecule has 0 aliphatic carbocycles. The van der Waals surface area contributed by atoms with Crippen molar-refractivity contribution >= 4 is 34.1 Å². The van der Waals surface area contributed by atoms with Crippen LogP contribution in [0.3, 0.4) is 0 Å². The lowest BCUT2D eigenvalue weighted by Crippen LogP contribution is -2.47. The van der Waals surface area contributed by atoms with E-state index < -0.39 is 0 Å². The van der Waals surface area contributed by atoms with Crippen molar-refractivity contribution in [2.75, 3.05) is 48.4 Å². The molecule has 0 spiro atoms. The highest BCUT2D eigenvalue weighted by Gasteiger charge is 2.40. The lowest BCUT2D eigenvalue weighted by molar-refractivity contribution is 0.122. The highest BCUT2D eigenvalue weighted by Crippen LogP contribution is 2.37. The van der Waals surface area contributed by atoms with Crippen LogP contribution in [0.4, 0.5) is 22.7 Å². The van der Waals surface area contributed by atoms with Crippen molar-refractivity contribution in [2.24, 2.45) is 0 Å². The molecule has 3 N–H and O–H groups in total. The number of ether oxygens (including phenoxy) is 1. The van der Waals surface area contributed by atoms with Gasteiger partial charge in [0.2, 0.25) is 5.95 Å². The Morgan fingerprint density at radius 3 is 2.70 bits per heavy atom. The number of aliphatic hydroxyl groups is 1. The fourth-order valence-corrected chi connectivity index (χ4v) is 5.86. The zero-order chi connectivity index (χ0) is 22.6. The van der Waals surface area contributed by atoms with Crippen molar-refractivity contribution in [3.05, 3.63) is 17.1 Å². The second-order valence-corrected chi connectivity index (χ2v) is 9.91. The molecule has 2 unspecified atom stereocenters. The first-order valence-corrected chi connectivity index (χ1v) is 12.5. The molecule has 3 aliphatic rings. The van der Waals surface area contributed by atoms with Crippen molar-refractivity contribution < 1.29 is 9.84 Å². The topological polar surface area (TPSA) is 122 Å². The van der Waals surface area contributed by atoms with Crippen LogP contribution >= 0.6 is 11.3 Å². The highest BCUT2D eigenvalue weighted by atomic mass is 32.1. The van der Waals surface area contributed by atoms with E-state index in [-0.39, 0.29) is 6.61 Å². The molecule has 2 bridgehead atoms. The fraction of sp³-hybridized carbons (Fsp3) is 0.636. The van der Waals surface area contributed by atoms with Crippen LogP contribution in [0.5, 0.6) is 0 Å². The van der Waals surface area contributed by atoms with Crippen LogP contribution in [0.15, 0.2) is 12.3 Å². The Balaban J connectivity index is 1.33. The van der Waals surface area contributed by atoms with Gasteiger partial charge in [-0.25, -0.2) is 4.98 Å². The van der Waals surface area contributed by atoms with Gasteiger partial charge in [-0.3, -0.25) is 4.90 Å². The van der Waals surface area contributed by atoms with Crippen LogP contribution in [0.1, 0.15) is 37.0 Å². The van der Waals surface area contributed by atoms with Gasteiger partial charge in [-0.05, 0) is 25.7 Å². The van der Waals surface area contributed by atoms with Crippen molar-refractivity contribution in [3.63, 3.8) is 0 Å². The lowest BCUT2D eigenvalue weighted by Gasteiger charge is -2.39. The SMILES string of the molecule is N#CCCN1C2CCC1CC(Nc1nc(Nc3ncc(CO)s3)cc(N3CCOCC3)n1)C2. The van der Waals surface area contributed by atoms with Gasteiger partial charge in [0.1, 0.15) is 11.6 Å². The van der Waals surface area contributed by atoms with E-state index in [4.69, 9.17) is 20.0 Å². The Morgan fingerprint density at radius 1 is 1.21 bits per heavy atom. The minimum absolute atomic E-state index is 0.0235. The maximum absolute atomic E-state index is 9.34. The van der Waals surface area contributed by atoms with Gasteiger partial charge in [-0.2, -0.15) is 15.2 Å². The van der Waals surface area contributed by atoms with Crippen LogP contribution in [-0.4, -0.2) is 75.9 Å². The third-order valence-electron chi connectivity index (χ3n) is 6.69. The van der Waals surface area contributed by atoms with Gasteiger partial charge >= 0.3 is 0 Å². The molecule has 5 rings (SSSR count). The number of nitrogens with one attached hydrogen (secondary N) is 2. The summed E-state index contributed by atoms with van der Waals surface area (Å²) in [6, 6.07) is 5.61. The molecule has 176 valence electrons. The molecule has 3 saturated heterocycles.